The van der Waals surface area contributed by atoms with Gasteiger partial charge in [-0.3, -0.25) is 9.59 Å². The highest BCUT2D eigenvalue weighted by molar-refractivity contribution is 5.93. The van der Waals surface area contributed by atoms with Crippen LogP contribution in [-0.4, -0.2) is 38.5 Å². The van der Waals surface area contributed by atoms with E-state index in [1.807, 2.05) is 31.2 Å². The zero-order chi connectivity index (χ0) is 16.8. The number of rotatable bonds is 7. The molecule has 1 aromatic heterocycles. The van der Waals surface area contributed by atoms with Gasteiger partial charge in [0.2, 0.25) is 0 Å². The summed E-state index contributed by atoms with van der Waals surface area (Å²) in [7, 11) is 0. The Balaban J connectivity index is 1.97. The standard InChI is InChI=1S/C16H20N4O3/c1-11-6-8-13(9-7-11)20-12(2)15(18-19-20)16(23)17-10-4-3-5-14(21)22/h6-9H,3-5,10H2,1-2H3,(H,17,23)(H,21,22). The largest absolute Gasteiger partial charge is 0.481 e. The van der Waals surface area contributed by atoms with Crippen LogP contribution >= 0.6 is 0 Å². The van der Waals surface area contributed by atoms with Crippen LogP contribution in [0.5, 0.6) is 0 Å². The van der Waals surface area contributed by atoms with Crippen molar-refractivity contribution < 1.29 is 14.7 Å². The Labute approximate surface area is 134 Å². The van der Waals surface area contributed by atoms with Gasteiger partial charge in [0.15, 0.2) is 5.69 Å². The summed E-state index contributed by atoms with van der Waals surface area (Å²) in [5, 5.41) is 19.3. The number of nitrogens with zero attached hydrogens (tertiary/aromatic N) is 3. The van der Waals surface area contributed by atoms with E-state index in [9.17, 15) is 9.59 Å². The van der Waals surface area contributed by atoms with Gasteiger partial charge in [0.25, 0.3) is 5.91 Å². The van der Waals surface area contributed by atoms with Crippen molar-refractivity contribution in [2.24, 2.45) is 0 Å². The van der Waals surface area contributed by atoms with Crippen molar-refractivity contribution in [3.8, 4) is 5.69 Å². The Morgan fingerprint density at radius 3 is 2.52 bits per heavy atom. The van der Waals surface area contributed by atoms with Crippen molar-refractivity contribution in [3.05, 3.63) is 41.2 Å². The molecular formula is C16H20N4O3. The van der Waals surface area contributed by atoms with Gasteiger partial charge >= 0.3 is 5.97 Å². The van der Waals surface area contributed by atoms with Gasteiger partial charge in [0, 0.05) is 13.0 Å². The molecule has 0 atom stereocenters. The highest BCUT2D eigenvalue weighted by Crippen LogP contribution is 2.13. The molecule has 0 saturated heterocycles. The maximum absolute atomic E-state index is 12.1. The number of aliphatic carboxylic acids is 1. The maximum atomic E-state index is 12.1. The third kappa shape index (κ3) is 4.38. The van der Waals surface area contributed by atoms with E-state index in [1.54, 1.807) is 11.6 Å². The number of amides is 1. The summed E-state index contributed by atoms with van der Waals surface area (Å²) in [6, 6.07) is 7.78. The average molecular weight is 316 g/mol. The van der Waals surface area contributed by atoms with Crippen molar-refractivity contribution >= 4 is 11.9 Å². The molecule has 1 amide bonds. The SMILES string of the molecule is Cc1ccc(-n2nnc(C(=O)NCCCCC(=O)O)c2C)cc1. The molecule has 0 aliphatic carbocycles. The molecule has 7 heteroatoms. The number of nitrogens with one attached hydrogen (secondary N) is 1. The van der Waals surface area contributed by atoms with Crippen LogP contribution in [0.4, 0.5) is 0 Å². The Morgan fingerprint density at radius 1 is 1.17 bits per heavy atom. The van der Waals surface area contributed by atoms with Gasteiger partial charge in [0.05, 0.1) is 11.4 Å². The van der Waals surface area contributed by atoms with Gasteiger partial charge in [-0.15, -0.1) is 5.10 Å². The molecule has 2 rings (SSSR count). The number of hydrogen-bond acceptors (Lipinski definition) is 4. The first-order valence-electron chi connectivity index (χ1n) is 7.48. The summed E-state index contributed by atoms with van der Waals surface area (Å²) in [5.74, 6) is -1.12. The van der Waals surface area contributed by atoms with Crippen LogP contribution in [0.3, 0.4) is 0 Å². The second kappa shape index (κ2) is 7.53. The zero-order valence-electron chi connectivity index (χ0n) is 13.2. The number of carboxylic acid groups (broad SMARTS) is 1. The molecule has 0 fully saturated rings. The molecule has 23 heavy (non-hydrogen) atoms. The van der Waals surface area contributed by atoms with Gasteiger partial charge in [-0.1, -0.05) is 22.9 Å². The van der Waals surface area contributed by atoms with Gasteiger partial charge in [-0.25, -0.2) is 4.68 Å². The first kappa shape index (κ1) is 16.7. The van der Waals surface area contributed by atoms with E-state index in [0.717, 1.165) is 11.3 Å². The number of hydrogen-bond donors (Lipinski definition) is 2. The second-order valence-corrected chi connectivity index (χ2v) is 5.38. The van der Waals surface area contributed by atoms with E-state index in [4.69, 9.17) is 5.11 Å². The normalized spacial score (nSPS) is 10.5. The molecular weight excluding hydrogens is 296 g/mol. The van der Waals surface area contributed by atoms with Crippen molar-refractivity contribution in [3.63, 3.8) is 0 Å². The average Bonchev–Trinajstić information content (AvgIpc) is 2.89. The van der Waals surface area contributed by atoms with Crippen molar-refractivity contribution in [2.75, 3.05) is 6.54 Å². The second-order valence-electron chi connectivity index (χ2n) is 5.38. The summed E-state index contributed by atoms with van der Waals surface area (Å²) in [5.41, 5.74) is 2.94. The van der Waals surface area contributed by atoms with E-state index >= 15 is 0 Å². The fourth-order valence-corrected chi connectivity index (χ4v) is 2.16. The Kier molecular flexibility index (Phi) is 5.46. The molecule has 2 N–H and O–H groups in total. The van der Waals surface area contributed by atoms with Crippen molar-refractivity contribution in [1.82, 2.24) is 20.3 Å². The van der Waals surface area contributed by atoms with Crippen LogP contribution in [0.2, 0.25) is 0 Å². The van der Waals surface area contributed by atoms with Gasteiger partial charge in [-0.05, 0) is 38.8 Å². The molecule has 0 bridgehead atoms. The Bertz CT molecular complexity index is 692. The lowest BCUT2D eigenvalue weighted by atomic mass is 10.2. The van der Waals surface area contributed by atoms with Gasteiger partial charge in [-0.2, -0.15) is 0 Å². The lowest BCUT2D eigenvalue weighted by Crippen LogP contribution is -2.25. The molecule has 0 aliphatic rings. The first-order chi connectivity index (χ1) is 11.0. The minimum absolute atomic E-state index is 0.110. The Morgan fingerprint density at radius 2 is 1.87 bits per heavy atom. The summed E-state index contributed by atoms with van der Waals surface area (Å²) >= 11 is 0. The number of carbonyl (C=O) groups excluding carboxylic acids is 1. The van der Waals surface area contributed by atoms with Crippen LogP contribution in [0, 0.1) is 13.8 Å². The number of aromatic nitrogens is 3. The number of aryl methyl sites for hydroxylation is 1. The summed E-state index contributed by atoms with van der Waals surface area (Å²) in [4.78, 5) is 22.5. The van der Waals surface area contributed by atoms with Crippen LogP contribution in [0.25, 0.3) is 5.69 Å². The van der Waals surface area contributed by atoms with Crippen molar-refractivity contribution in [2.45, 2.75) is 33.1 Å². The third-order valence-electron chi connectivity index (χ3n) is 3.49. The molecule has 1 heterocycles. The van der Waals surface area contributed by atoms with E-state index in [0.29, 0.717) is 25.1 Å². The molecule has 2 aromatic rings. The van der Waals surface area contributed by atoms with Crippen molar-refractivity contribution in [1.29, 1.82) is 0 Å². The number of benzene rings is 1. The minimum Gasteiger partial charge on any atom is -0.481 e. The smallest absolute Gasteiger partial charge is 0.303 e. The molecule has 0 unspecified atom stereocenters. The van der Waals surface area contributed by atoms with E-state index in [2.05, 4.69) is 15.6 Å². The molecule has 7 nitrogen and oxygen atoms in total. The fraction of sp³-hybridized carbons (Fsp3) is 0.375. The van der Waals surface area contributed by atoms with Crippen LogP contribution < -0.4 is 5.32 Å². The number of carboxylic acids is 1. The van der Waals surface area contributed by atoms with Crippen LogP contribution in [0.1, 0.15) is 41.0 Å². The summed E-state index contributed by atoms with van der Waals surface area (Å²) in [6.07, 6.45) is 1.26. The quantitative estimate of drug-likeness (QED) is 0.760. The van der Waals surface area contributed by atoms with Crippen LogP contribution in [0.15, 0.2) is 24.3 Å². The molecule has 1 aromatic carbocycles. The van der Waals surface area contributed by atoms with Gasteiger partial charge in [0.1, 0.15) is 0 Å². The maximum Gasteiger partial charge on any atom is 0.303 e. The van der Waals surface area contributed by atoms with Crippen LogP contribution in [-0.2, 0) is 4.79 Å². The van der Waals surface area contributed by atoms with Gasteiger partial charge < -0.3 is 10.4 Å². The van der Waals surface area contributed by atoms with E-state index in [-0.39, 0.29) is 18.0 Å². The first-order valence-corrected chi connectivity index (χ1v) is 7.48. The topological polar surface area (TPSA) is 97.1 Å². The van der Waals surface area contributed by atoms with E-state index in [1.165, 1.54) is 0 Å². The molecule has 0 spiro atoms. The highest BCUT2D eigenvalue weighted by Gasteiger charge is 2.16. The lowest BCUT2D eigenvalue weighted by molar-refractivity contribution is -0.137. The lowest BCUT2D eigenvalue weighted by Gasteiger charge is -2.05. The molecule has 0 aliphatic heterocycles. The highest BCUT2D eigenvalue weighted by atomic mass is 16.4. The summed E-state index contributed by atoms with van der Waals surface area (Å²) in [6.45, 7) is 4.21. The van der Waals surface area contributed by atoms with E-state index < -0.39 is 5.97 Å². The number of carbonyl (C=O) groups is 2. The number of unbranched alkanes of at least 4 members (excludes halogenated alkanes) is 1. The predicted octanol–water partition coefficient (Wildman–Crippen LogP) is 1.87. The predicted molar refractivity (Wildman–Crippen MR) is 84.7 cm³/mol. The zero-order valence-corrected chi connectivity index (χ0v) is 13.2. The summed E-state index contributed by atoms with van der Waals surface area (Å²) < 4.78 is 1.62. The fourth-order valence-electron chi connectivity index (χ4n) is 2.16. The minimum atomic E-state index is -0.826. The monoisotopic (exact) mass is 316 g/mol. The third-order valence-corrected chi connectivity index (χ3v) is 3.49. The molecule has 0 saturated carbocycles. The molecule has 122 valence electrons. The Hall–Kier alpha value is -2.70. The molecule has 0 radical (unpaired) electrons.